The van der Waals surface area contributed by atoms with E-state index in [1.807, 2.05) is 66.7 Å². The van der Waals surface area contributed by atoms with Gasteiger partial charge in [0.1, 0.15) is 5.75 Å². The van der Waals surface area contributed by atoms with Crippen LogP contribution in [-0.4, -0.2) is 17.4 Å². The van der Waals surface area contributed by atoms with Crippen LogP contribution in [0.5, 0.6) is 5.75 Å². The van der Waals surface area contributed by atoms with Crippen molar-refractivity contribution >= 4 is 5.97 Å². The van der Waals surface area contributed by atoms with E-state index in [9.17, 15) is 9.90 Å². The average molecular weight is 386 g/mol. The molecular weight excluding hydrogens is 364 g/mol. The highest BCUT2D eigenvalue weighted by Crippen LogP contribution is 2.51. The first kappa shape index (κ1) is 18.0. The fourth-order valence-electron chi connectivity index (χ4n) is 4.69. The largest absolute Gasteiger partial charge is 0.477 e. The molecule has 0 radical (unpaired) electrons. The van der Waals surface area contributed by atoms with E-state index in [-0.39, 0.29) is 0 Å². The number of carboxylic acid groups (broad SMARTS) is 1. The molecule has 4 nitrogen and oxygen atoms in total. The van der Waals surface area contributed by atoms with Gasteiger partial charge in [-0.15, -0.1) is 0 Å². The first-order valence-corrected chi connectivity index (χ1v) is 10.0. The zero-order valence-corrected chi connectivity index (χ0v) is 16.0. The summed E-state index contributed by atoms with van der Waals surface area (Å²) in [6, 6.07) is 23.8. The maximum absolute atomic E-state index is 12.0. The molecular formula is C25H22O4. The minimum Gasteiger partial charge on any atom is -0.477 e. The van der Waals surface area contributed by atoms with Crippen LogP contribution in [0.25, 0.3) is 0 Å². The monoisotopic (exact) mass is 386 g/mol. The second-order valence-electron chi connectivity index (χ2n) is 7.60. The van der Waals surface area contributed by atoms with E-state index in [0.717, 1.165) is 42.4 Å². The summed E-state index contributed by atoms with van der Waals surface area (Å²) in [6.45, 7) is 0. The van der Waals surface area contributed by atoms with E-state index in [4.69, 9.17) is 9.47 Å². The molecule has 0 amide bonds. The smallest absolute Gasteiger partial charge is 0.373 e. The molecule has 0 saturated heterocycles. The van der Waals surface area contributed by atoms with E-state index in [1.165, 1.54) is 11.1 Å². The number of carbonyl (C=O) groups is 1. The fraction of sp³-hybridized carbons (Fsp3) is 0.240. The highest BCUT2D eigenvalue weighted by Gasteiger charge is 2.49. The summed E-state index contributed by atoms with van der Waals surface area (Å²) < 4.78 is 12.2. The van der Waals surface area contributed by atoms with Crippen molar-refractivity contribution in [2.75, 3.05) is 0 Å². The summed E-state index contributed by atoms with van der Waals surface area (Å²) >= 11 is 0. The first-order chi connectivity index (χ1) is 14.2. The topological polar surface area (TPSA) is 55.8 Å². The second kappa shape index (κ2) is 7.05. The third-order valence-corrected chi connectivity index (χ3v) is 5.93. The Bertz CT molecular complexity index is 1000. The quantitative estimate of drug-likeness (QED) is 0.710. The standard InChI is InChI=1S/C25H22O4/c26-23(27)24-28-21-16-15-17-9-7-8-14-20(17)22(21)25(29-24,18-10-3-1-4-11-18)19-12-5-2-6-13-19/h1-6,10-13,15-16,24H,7-9,14H2,(H,26,27). The van der Waals surface area contributed by atoms with Gasteiger partial charge in [-0.2, -0.15) is 0 Å². The van der Waals surface area contributed by atoms with Gasteiger partial charge in [0.15, 0.2) is 5.60 Å². The lowest BCUT2D eigenvalue weighted by atomic mass is 9.73. The highest BCUT2D eigenvalue weighted by atomic mass is 16.7. The van der Waals surface area contributed by atoms with Crippen molar-refractivity contribution < 1.29 is 19.4 Å². The summed E-state index contributed by atoms with van der Waals surface area (Å²) in [5.41, 5.74) is 4.24. The summed E-state index contributed by atoms with van der Waals surface area (Å²) in [5.74, 6) is -0.540. The normalized spacial score (nSPS) is 19.5. The average Bonchev–Trinajstić information content (AvgIpc) is 2.79. The summed E-state index contributed by atoms with van der Waals surface area (Å²) in [6.07, 6.45) is 2.83. The lowest BCUT2D eigenvalue weighted by Gasteiger charge is -2.44. The highest BCUT2D eigenvalue weighted by molar-refractivity contribution is 5.73. The van der Waals surface area contributed by atoms with Crippen molar-refractivity contribution in [1.82, 2.24) is 0 Å². The van der Waals surface area contributed by atoms with Crippen LogP contribution in [0, 0.1) is 0 Å². The molecule has 0 fully saturated rings. The molecule has 1 heterocycles. The molecule has 0 aromatic heterocycles. The zero-order valence-electron chi connectivity index (χ0n) is 16.0. The van der Waals surface area contributed by atoms with E-state index >= 15 is 0 Å². The molecule has 0 spiro atoms. The lowest BCUT2D eigenvalue weighted by Crippen LogP contribution is -2.47. The van der Waals surface area contributed by atoms with Gasteiger partial charge in [0.05, 0.1) is 0 Å². The Hall–Kier alpha value is -3.11. The summed E-state index contributed by atoms with van der Waals surface area (Å²) in [5, 5.41) is 9.78. The number of hydrogen-bond donors (Lipinski definition) is 1. The number of ether oxygens (including phenoxy) is 2. The van der Waals surface area contributed by atoms with Gasteiger partial charge in [0, 0.05) is 5.56 Å². The molecule has 29 heavy (non-hydrogen) atoms. The Kier molecular flexibility index (Phi) is 4.36. The third-order valence-electron chi connectivity index (χ3n) is 5.93. The van der Waals surface area contributed by atoms with Crippen molar-refractivity contribution in [3.05, 3.63) is 101 Å². The summed E-state index contributed by atoms with van der Waals surface area (Å²) in [7, 11) is 0. The third kappa shape index (κ3) is 2.83. The second-order valence-corrected chi connectivity index (χ2v) is 7.60. The molecule has 1 aliphatic carbocycles. The molecule has 1 unspecified atom stereocenters. The number of aliphatic carboxylic acids is 1. The lowest BCUT2D eigenvalue weighted by molar-refractivity contribution is -0.196. The van der Waals surface area contributed by atoms with Crippen LogP contribution >= 0.6 is 0 Å². The number of rotatable bonds is 3. The van der Waals surface area contributed by atoms with E-state index in [2.05, 4.69) is 6.07 Å². The van der Waals surface area contributed by atoms with Crippen molar-refractivity contribution in [2.45, 2.75) is 37.6 Å². The first-order valence-electron chi connectivity index (χ1n) is 10.0. The van der Waals surface area contributed by atoms with Gasteiger partial charge < -0.3 is 14.6 Å². The zero-order chi connectivity index (χ0) is 19.8. The predicted octanol–water partition coefficient (Wildman–Crippen LogP) is 4.68. The Morgan fingerprint density at radius 2 is 1.48 bits per heavy atom. The Morgan fingerprint density at radius 3 is 2.10 bits per heavy atom. The Labute approximate surface area is 169 Å². The van der Waals surface area contributed by atoms with Crippen LogP contribution in [-0.2, 0) is 28.0 Å². The van der Waals surface area contributed by atoms with Gasteiger partial charge in [-0.1, -0.05) is 66.7 Å². The van der Waals surface area contributed by atoms with Gasteiger partial charge in [-0.05, 0) is 54.0 Å². The van der Waals surface area contributed by atoms with Crippen molar-refractivity contribution in [2.24, 2.45) is 0 Å². The van der Waals surface area contributed by atoms with Gasteiger partial charge in [-0.25, -0.2) is 4.79 Å². The number of benzene rings is 3. The molecule has 0 bridgehead atoms. The molecule has 0 saturated carbocycles. The van der Waals surface area contributed by atoms with Crippen LogP contribution in [0.4, 0.5) is 0 Å². The van der Waals surface area contributed by atoms with Crippen LogP contribution in [0.2, 0.25) is 0 Å². The van der Waals surface area contributed by atoms with E-state index < -0.39 is 17.9 Å². The minimum absolute atomic E-state index is 0.594. The fourth-order valence-corrected chi connectivity index (χ4v) is 4.69. The predicted molar refractivity (Wildman–Crippen MR) is 109 cm³/mol. The van der Waals surface area contributed by atoms with Crippen LogP contribution in [0.15, 0.2) is 72.8 Å². The van der Waals surface area contributed by atoms with E-state index in [0.29, 0.717) is 5.75 Å². The van der Waals surface area contributed by atoms with Gasteiger partial charge >= 0.3 is 12.3 Å². The number of aryl methyl sites for hydroxylation is 1. The van der Waals surface area contributed by atoms with Crippen LogP contribution in [0.3, 0.4) is 0 Å². The maximum Gasteiger partial charge on any atom is 0.373 e. The molecule has 2 aliphatic rings. The van der Waals surface area contributed by atoms with Crippen LogP contribution in [0.1, 0.15) is 40.7 Å². The minimum atomic E-state index is -1.38. The number of hydrogen-bond acceptors (Lipinski definition) is 3. The molecule has 1 atom stereocenters. The molecule has 1 aliphatic heterocycles. The van der Waals surface area contributed by atoms with Crippen molar-refractivity contribution in [3.8, 4) is 5.75 Å². The molecule has 146 valence electrons. The van der Waals surface area contributed by atoms with Crippen LogP contribution < -0.4 is 4.74 Å². The van der Waals surface area contributed by atoms with Crippen molar-refractivity contribution in [3.63, 3.8) is 0 Å². The maximum atomic E-state index is 12.0. The molecule has 3 aromatic carbocycles. The Morgan fingerprint density at radius 1 is 0.862 bits per heavy atom. The van der Waals surface area contributed by atoms with Gasteiger partial charge in [-0.3, -0.25) is 0 Å². The van der Waals surface area contributed by atoms with Gasteiger partial charge in [0.25, 0.3) is 0 Å². The summed E-state index contributed by atoms with van der Waals surface area (Å²) in [4.78, 5) is 12.0. The Balaban J connectivity index is 1.88. The molecule has 4 heteroatoms. The molecule has 5 rings (SSSR count). The molecule has 3 aromatic rings. The van der Waals surface area contributed by atoms with Crippen molar-refractivity contribution in [1.29, 1.82) is 0 Å². The number of carboxylic acids is 1. The number of fused-ring (bicyclic) bond motifs is 3. The SMILES string of the molecule is O=C(O)C1Oc2ccc3c(c2C(c2ccccc2)(c2ccccc2)O1)CCCC3. The van der Waals surface area contributed by atoms with E-state index in [1.54, 1.807) is 0 Å². The van der Waals surface area contributed by atoms with Gasteiger partial charge in [0.2, 0.25) is 0 Å². The molecule has 1 N–H and O–H groups in total.